The largest absolute Gasteiger partial charge is 0.208 e. The van der Waals surface area contributed by atoms with Gasteiger partial charge in [0.25, 0.3) is 0 Å². The van der Waals surface area contributed by atoms with E-state index in [4.69, 9.17) is 15.0 Å². The zero-order chi connectivity index (χ0) is 33.0. The van der Waals surface area contributed by atoms with E-state index in [-0.39, 0.29) is 0 Å². The Balaban J connectivity index is 1.27. The van der Waals surface area contributed by atoms with Gasteiger partial charge in [-0.3, -0.25) is 0 Å². The van der Waals surface area contributed by atoms with E-state index >= 15 is 0 Å². The SMILES string of the molecule is c1ccc(-c2ccc(-c3nc(-c4cccc5c4sc4ccccc45)nc(-c4cccc5sc6ccccc6c45)n3)c(-c3ccccc3)c2)cc1. The number of aromatic nitrogens is 3. The molecule has 0 bridgehead atoms. The minimum atomic E-state index is 0.651. The molecule has 0 aliphatic rings. The topological polar surface area (TPSA) is 38.7 Å². The second kappa shape index (κ2) is 11.8. The van der Waals surface area contributed by atoms with E-state index in [1.807, 2.05) is 0 Å². The Labute approximate surface area is 296 Å². The summed E-state index contributed by atoms with van der Waals surface area (Å²) >= 11 is 3.60. The van der Waals surface area contributed by atoms with E-state index in [1.54, 1.807) is 22.7 Å². The molecule has 5 heteroatoms. The second-order valence-corrected chi connectivity index (χ2v) is 14.5. The third-order valence-electron chi connectivity index (χ3n) is 9.38. The third-order valence-corrected chi connectivity index (χ3v) is 11.7. The van der Waals surface area contributed by atoms with Crippen LogP contribution in [0.25, 0.3) is 96.8 Å². The van der Waals surface area contributed by atoms with Crippen LogP contribution in [0.5, 0.6) is 0 Å². The summed E-state index contributed by atoms with van der Waals surface area (Å²) in [5.41, 5.74) is 7.49. The average molecular weight is 674 g/mol. The first-order valence-corrected chi connectivity index (χ1v) is 18.2. The molecule has 7 aromatic carbocycles. The smallest absolute Gasteiger partial charge is 0.165 e. The Kier molecular flexibility index (Phi) is 6.86. The van der Waals surface area contributed by atoms with Crippen molar-refractivity contribution in [3.63, 3.8) is 0 Å². The molecule has 50 heavy (non-hydrogen) atoms. The lowest BCUT2D eigenvalue weighted by Gasteiger charge is -2.14. The van der Waals surface area contributed by atoms with Gasteiger partial charge in [-0.2, -0.15) is 0 Å². The molecular formula is C45H27N3S2. The maximum atomic E-state index is 5.33. The van der Waals surface area contributed by atoms with Crippen LogP contribution in [0.4, 0.5) is 0 Å². The van der Waals surface area contributed by atoms with E-state index in [2.05, 4.69) is 164 Å². The van der Waals surface area contributed by atoms with Gasteiger partial charge in [-0.1, -0.05) is 127 Å². The van der Waals surface area contributed by atoms with Crippen LogP contribution in [-0.4, -0.2) is 15.0 Å². The van der Waals surface area contributed by atoms with Crippen LogP contribution in [0.1, 0.15) is 0 Å². The summed E-state index contributed by atoms with van der Waals surface area (Å²) in [7, 11) is 0. The van der Waals surface area contributed by atoms with Crippen molar-refractivity contribution in [3.05, 3.63) is 164 Å². The average Bonchev–Trinajstić information content (AvgIpc) is 3.77. The Morgan fingerprint density at radius 3 is 1.66 bits per heavy atom. The number of benzene rings is 7. The maximum absolute atomic E-state index is 5.33. The van der Waals surface area contributed by atoms with Crippen molar-refractivity contribution in [2.24, 2.45) is 0 Å². The molecule has 10 rings (SSSR count). The lowest BCUT2D eigenvalue weighted by Crippen LogP contribution is -2.01. The molecule has 0 aliphatic heterocycles. The van der Waals surface area contributed by atoms with Crippen LogP contribution >= 0.6 is 22.7 Å². The van der Waals surface area contributed by atoms with Gasteiger partial charge in [-0.15, -0.1) is 22.7 Å². The summed E-state index contributed by atoms with van der Waals surface area (Å²) < 4.78 is 4.90. The number of rotatable bonds is 5. The molecule has 0 N–H and O–H groups in total. The third kappa shape index (κ3) is 4.82. The predicted octanol–water partition coefficient (Wildman–Crippen LogP) is 12.9. The van der Waals surface area contributed by atoms with Crippen molar-refractivity contribution in [1.29, 1.82) is 0 Å². The van der Waals surface area contributed by atoms with Crippen molar-refractivity contribution in [1.82, 2.24) is 15.0 Å². The zero-order valence-corrected chi connectivity index (χ0v) is 28.4. The molecule has 10 aromatic rings. The first-order chi connectivity index (χ1) is 24.8. The number of thiophene rings is 2. The molecule has 234 valence electrons. The summed E-state index contributed by atoms with van der Waals surface area (Å²) in [5, 5.41) is 4.87. The van der Waals surface area contributed by atoms with Crippen LogP contribution in [0.15, 0.2) is 164 Å². The lowest BCUT2D eigenvalue weighted by molar-refractivity contribution is 1.08. The number of hydrogen-bond acceptors (Lipinski definition) is 5. The van der Waals surface area contributed by atoms with Crippen LogP contribution in [-0.2, 0) is 0 Å². The van der Waals surface area contributed by atoms with Crippen molar-refractivity contribution in [2.75, 3.05) is 0 Å². The van der Waals surface area contributed by atoms with E-state index < -0.39 is 0 Å². The first kappa shape index (κ1) is 29.0. The lowest BCUT2D eigenvalue weighted by atomic mass is 9.94. The van der Waals surface area contributed by atoms with E-state index in [1.165, 1.54) is 45.9 Å². The molecule has 0 radical (unpaired) electrons. The minimum Gasteiger partial charge on any atom is -0.208 e. The molecular weight excluding hydrogens is 647 g/mol. The molecule has 3 aromatic heterocycles. The zero-order valence-electron chi connectivity index (χ0n) is 26.7. The van der Waals surface area contributed by atoms with Crippen molar-refractivity contribution >= 4 is 63.0 Å². The standard InChI is InChI=1S/C45H27N3S2/c1-3-13-28(14-4-1)30-25-26-33(37(27-30)29-15-5-2-6-16-29)43-46-44(35-20-12-24-40-41(35)34-18-8-10-23-39(34)49-40)48-45(47-43)36-21-11-19-32-31-17-7-9-22-38(31)50-42(32)36/h1-27H. The van der Waals surface area contributed by atoms with Gasteiger partial charge in [0.2, 0.25) is 0 Å². The predicted molar refractivity (Wildman–Crippen MR) is 213 cm³/mol. The fourth-order valence-electron chi connectivity index (χ4n) is 7.03. The summed E-state index contributed by atoms with van der Waals surface area (Å²) in [4.78, 5) is 16.0. The quantitative estimate of drug-likeness (QED) is 0.182. The molecule has 0 amide bonds. The molecule has 0 fully saturated rings. The Hall–Kier alpha value is -6.01. The van der Waals surface area contributed by atoms with Crippen molar-refractivity contribution in [2.45, 2.75) is 0 Å². The molecule has 3 heterocycles. The van der Waals surface area contributed by atoms with Gasteiger partial charge >= 0.3 is 0 Å². The van der Waals surface area contributed by atoms with E-state index in [9.17, 15) is 0 Å². The highest BCUT2D eigenvalue weighted by molar-refractivity contribution is 7.26. The van der Waals surface area contributed by atoms with Gasteiger partial charge in [-0.05, 0) is 58.7 Å². The molecule has 0 saturated heterocycles. The molecule has 0 atom stereocenters. The monoisotopic (exact) mass is 673 g/mol. The molecule has 0 aliphatic carbocycles. The van der Waals surface area contributed by atoms with Crippen LogP contribution in [0, 0.1) is 0 Å². The summed E-state index contributed by atoms with van der Waals surface area (Å²) in [6.45, 7) is 0. The molecule has 0 spiro atoms. The highest BCUT2D eigenvalue weighted by Crippen LogP contribution is 2.43. The second-order valence-electron chi connectivity index (χ2n) is 12.4. The van der Waals surface area contributed by atoms with Crippen molar-refractivity contribution in [3.8, 4) is 56.4 Å². The molecule has 3 nitrogen and oxygen atoms in total. The van der Waals surface area contributed by atoms with Gasteiger partial charge in [0.05, 0.1) is 0 Å². The fourth-order valence-corrected chi connectivity index (χ4v) is 9.37. The van der Waals surface area contributed by atoms with E-state index in [0.29, 0.717) is 17.5 Å². The van der Waals surface area contributed by atoms with Crippen molar-refractivity contribution < 1.29 is 0 Å². The molecule has 0 saturated carbocycles. The van der Waals surface area contributed by atoms with Crippen LogP contribution in [0.3, 0.4) is 0 Å². The Morgan fingerprint density at radius 2 is 0.880 bits per heavy atom. The van der Waals surface area contributed by atoms with Gasteiger partial charge in [0.15, 0.2) is 17.5 Å². The Bertz CT molecular complexity index is 2870. The minimum absolute atomic E-state index is 0.651. The van der Waals surface area contributed by atoms with Gasteiger partial charge in [0, 0.05) is 57.0 Å². The van der Waals surface area contributed by atoms with Gasteiger partial charge < -0.3 is 0 Å². The first-order valence-electron chi connectivity index (χ1n) is 16.6. The number of hydrogen-bond donors (Lipinski definition) is 0. The summed E-state index contributed by atoms with van der Waals surface area (Å²) in [5.74, 6) is 1.99. The maximum Gasteiger partial charge on any atom is 0.165 e. The summed E-state index contributed by atoms with van der Waals surface area (Å²) in [6, 6.07) is 57.8. The van der Waals surface area contributed by atoms with E-state index in [0.717, 1.165) is 33.4 Å². The Morgan fingerprint density at radius 1 is 0.320 bits per heavy atom. The van der Waals surface area contributed by atoms with Gasteiger partial charge in [-0.25, -0.2) is 15.0 Å². The fraction of sp³-hybridized carbons (Fsp3) is 0. The molecule has 0 unspecified atom stereocenters. The van der Waals surface area contributed by atoms with Crippen LogP contribution in [0.2, 0.25) is 0 Å². The normalized spacial score (nSPS) is 11.6. The number of nitrogens with zero attached hydrogens (tertiary/aromatic N) is 3. The number of fused-ring (bicyclic) bond motifs is 6. The summed E-state index contributed by atoms with van der Waals surface area (Å²) in [6.07, 6.45) is 0. The highest BCUT2D eigenvalue weighted by atomic mass is 32.1. The highest BCUT2D eigenvalue weighted by Gasteiger charge is 2.21. The van der Waals surface area contributed by atoms with Gasteiger partial charge in [0.1, 0.15) is 0 Å². The van der Waals surface area contributed by atoms with Crippen LogP contribution < -0.4 is 0 Å².